The molecular weight excluding hydrogens is 292 g/mol. The molecule has 1 saturated heterocycles. The third-order valence-electron chi connectivity index (χ3n) is 4.26. The summed E-state index contributed by atoms with van der Waals surface area (Å²) in [6, 6.07) is 9.62. The molecule has 0 aliphatic carbocycles. The summed E-state index contributed by atoms with van der Waals surface area (Å²) in [5, 5.41) is 9.65. The maximum absolute atomic E-state index is 12.6. The Labute approximate surface area is 138 Å². The maximum Gasteiger partial charge on any atom is 0.323 e. The third-order valence-corrected chi connectivity index (χ3v) is 4.26. The monoisotopic (exact) mass is 320 g/mol. The van der Waals surface area contributed by atoms with Crippen LogP contribution >= 0.6 is 0 Å². The van der Waals surface area contributed by atoms with Gasteiger partial charge < -0.3 is 15.6 Å². The molecule has 3 atom stereocenters. The average Bonchev–Trinajstić information content (AvgIpc) is 2.84. The van der Waals surface area contributed by atoms with Crippen molar-refractivity contribution in [3.8, 4) is 0 Å². The molecule has 0 aromatic heterocycles. The van der Waals surface area contributed by atoms with Gasteiger partial charge in [-0.05, 0) is 32.8 Å². The average molecular weight is 320 g/mol. The van der Waals surface area contributed by atoms with Crippen LogP contribution in [0, 0.1) is 5.92 Å². The van der Waals surface area contributed by atoms with Crippen molar-refractivity contribution in [2.45, 2.75) is 51.4 Å². The van der Waals surface area contributed by atoms with E-state index in [9.17, 15) is 9.90 Å². The predicted octanol–water partition coefficient (Wildman–Crippen LogP) is 1.54. The summed E-state index contributed by atoms with van der Waals surface area (Å²) in [6.07, 6.45) is 0.583. The van der Waals surface area contributed by atoms with Crippen molar-refractivity contribution < 1.29 is 14.6 Å². The Bertz CT molecular complexity index is 513. The van der Waals surface area contributed by atoms with Crippen molar-refractivity contribution in [3.63, 3.8) is 0 Å². The van der Waals surface area contributed by atoms with Crippen LogP contribution < -0.4 is 5.73 Å². The van der Waals surface area contributed by atoms with Gasteiger partial charge in [0.05, 0.1) is 0 Å². The first kappa shape index (κ1) is 17.9. The number of hydrogen-bond acceptors (Lipinski definition) is 5. The van der Waals surface area contributed by atoms with Crippen LogP contribution in [0.25, 0.3) is 0 Å². The SMILES string of the molecule is CC(C)(C)OC(=O)[C@H]1C[C@@H](CO)[C@H](CN)N1Cc1ccccc1. The number of esters is 1. The fourth-order valence-electron chi connectivity index (χ4n) is 3.23. The van der Waals surface area contributed by atoms with Gasteiger partial charge in [0, 0.05) is 31.7 Å². The Balaban J connectivity index is 2.21. The van der Waals surface area contributed by atoms with Crippen molar-refractivity contribution in [2.75, 3.05) is 13.2 Å². The summed E-state index contributed by atoms with van der Waals surface area (Å²) in [4.78, 5) is 14.7. The lowest BCUT2D eigenvalue weighted by Crippen LogP contribution is -2.46. The number of rotatable bonds is 5. The van der Waals surface area contributed by atoms with Gasteiger partial charge in [0.25, 0.3) is 0 Å². The number of nitrogens with two attached hydrogens (primary N) is 1. The second-order valence-electron chi connectivity index (χ2n) is 7.19. The number of hydrogen-bond donors (Lipinski definition) is 2. The van der Waals surface area contributed by atoms with E-state index in [1.54, 1.807) is 0 Å². The molecule has 5 heteroatoms. The molecule has 1 aromatic carbocycles. The number of nitrogens with zero attached hydrogens (tertiary/aromatic N) is 1. The molecule has 0 unspecified atom stereocenters. The van der Waals surface area contributed by atoms with Gasteiger partial charge in [0.2, 0.25) is 0 Å². The summed E-state index contributed by atoms with van der Waals surface area (Å²) in [5.74, 6) is -0.232. The van der Waals surface area contributed by atoms with Crippen LogP contribution in [0.3, 0.4) is 0 Å². The second kappa shape index (κ2) is 7.43. The van der Waals surface area contributed by atoms with E-state index >= 15 is 0 Å². The molecule has 0 saturated carbocycles. The molecule has 3 N–H and O–H groups in total. The summed E-state index contributed by atoms with van der Waals surface area (Å²) >= 11 is 0. The zero-order valence-corrected chi connectivity index (χ0v) is 14.2. The van der Waals surface area contributed by atoms with Gasteiger partial charge in [-0.3, -0.25) is 9.69 Å². The molecule has 1 heterocycles. The molecule has 2 rings (SSSR count). The highest BCUT2D eigenvalue weighted by molar-refractivity contribution is 5.76. The number of aliphatic hydroxyl groups excluding tert-OH is 1. The fourth-order valence-corrected chi connectivity index (χ4v) is 3.23. The van der Waals surface area contributed by atoms with Crippen LogP contribution in [-0.2, 0) is 16.1 Å². The van der Waals surface area contributed by atoms with E-state index in [0.29, 0.717) is 19.5 Å². The first-order valence-electron chi connectivity index (χ1n) is 8.19. The molecule has 0 spiro atoms. The molecule has 0 bridgehead atoms. The van der Waals surface area contributed by atoms with Crippen molar-refractivity contribution in [3.05, 3.63) is 35.9 Å². The minimum Gasteiger partial charge on any atom is -0.459 e. The lowest BCUT2D eigenvalue weighted by molar-refractivity contribution is -0.161. The quantitative estimate of drug-likeness (QED) is 0.805. The van der Waals surface area contributed by atoms with Crippen LogP contribution in [0.5, 0.6) is 0 Å². The van der Waals surface area contributed by atoms with Crippen molar-refractivity contribution in [1.82, 2.24) is 4.90 Å². The molecule has 1 aromatic rings. The number of likely N-dealkylation sites (tertiary alicyclic amines) is 1. The van der Waals surface area contributed by atoms with Crippen LogP contribution in [0.2, 0.25) is 0 Å². The zero-order valence-electron chi connectivity index (χ0n) is 14.2. The van der Waals surface area contributed by atoms with E-state index in [-0.39, 0.29) is 30.6 Å². The predicted molar refractivity (Wildman–Crippen MR) is 89.7 cm³/mol. The summed E-state index contributed by atoms with van der Waals surface area (Å²) < 4.78 is 5.57. The van der Waals surface area contributed by atoms with Crippen LogP contribution in [-0.4, -0.2) is 46.8 Å². The zero-order chi connectivity index (χ0) is 17.0. The Morgan fingerprint density at radius 2 is 2.00 bits per heavy atom. The second-order valence-corrected chi connectivity index (χ2v) is 7.19. The van der Waals surface area contributed by atoms with Crippen molar-refractivity contribution >= 4 is 5.97 Å². The smallest absolute Gasteiger partial charge is 0.323 e. The maximum atomic E-state index is 12.6. The van der Waals surface area contributed by atoms with Gasteiger partial charge in [0.1, 0.15) is 11.6 Å². The molecule has 0 amide bonds. The number of benzene rings is 1. The topological polar surface area (TPSA) is 75.8 Å². The fraction of sp³-hybridized carbons (Fsp3) is 0.611. The lowest BCUT2D eigenvalue weighted by Gasteiger charge is -2.31. The Hall–Kier alpha value is -1.43. The molecule has 1 aliphatic heterocycles. The minimum atomic E-state index is -0.523. The molecule has 1 aliphatic rings. The van der Waals surface area contributed by atoms with Crippen LogP contribution in [0.15, 0.2) is 30.3 Å². The normalized spacial score (nSPS) is 25.5. The largest absolute Gasteiger partial charge is 0.459 e. The first-order valence-corrected chi connectivity index (χ1v) is 8.19. The van der Waals surface area contributed by atoms with E-state index in [4.69, 9.17) is 10.5 Å². The number of aliphatic hydroxyl groups is 1. The van der Waals surface area contributed by atoms with Crippen molar-refractivity contribution in [2.24, 2.45) is 11.7 Å². The van der Waals surface area contributed by atoms with Crippen molar-refractivity contribution in [1.29, 1.82) is 0 Å². The molecule has 23 heavy (non-hydrogen) atoms. The lowest BCUT2D eigenvalue weighted by atomic mass is 10.00. The highest BCUT2D eigenvalue weighted by atomic mass is 16.6. The van der Waals surface area contributed by atoms with E-state index < -0.39 is 5.60 Å². The molecule has 1 fully saturated rings. The Kier molecular flexibility index (Phi) is 5.79. The highest BCUT2D eigenvalue weighted by Gasteiger charge is 2.44. The van der Waals surface area contributed by atoms with Gasteiger partial charge in [-0.2, -0.15) is 0 Å². The Morgan fingerprint density at radius 1 is 1.35 bits per heavy atom. The number of carbonyl (C=O) groups excluding carboxylic acids is 1. The van der Waals surface area contributed by atoms with E-state index in [2.05, 4.69) is 4.90 Å². The first-order chi connectivity index (χ1) is 10.9. The molecule has 0 radical (unpaired) electrons. The van der Waals surface area contributed by atoms with Crippen LogP contribution in [0.4, 0.5) is 0 Å². The molecule has 128 valence electrons. The minimum absolute atomic E-state index is 0.00114. The Morgan fingerprint density at radius 3 is 2.52 bits per heavy atom. The summed E-state index contributed by atoms with van der Waals surface area (Å²) in [7, 11) is 0. The molecule has 5 nitrogen and oxygen atoms in total. The summed E-state index contributed by atoms with van der Waals surface area (Å²) in [6.45, 7) is 6.68. The van der Waals surface area contributed by atoms with Gasteiger partial charge in [-0.15, -0.1) is 0 Å². The number of ether oxygens (including phenoxy) is 1. The van der Waals surface area contributed by atoms with Gasteiger partial charge in [-0.1, -0.05) is 30.3 Å². The standard InChI is InChI=1S/C18H28N2O3/c1-18(2,3)23-17(22)15-9-14(12-21)16(10-19)20(15)11-13-7-5-4-6-8-13/h4-8,14-16,21H,9-12,19H2,1-3H3/t14-,15+,16-/m0/s1. The van der Waals surface area contributed by atoms with Gasteiger partial charge in [-0.25, -0.2) is 0 Å². The van der Waals surface area contributed by atoms with E-state index in [1.165, 1.54) is 0 Å². The molecular formula is C18H28N2O3. The van der Waals surface area contributed by atoms with E-state index in [0.717, 1.165) is 5.56 Å². The van der Waals surface area contributed by atoms with Gasteiger partial charge >= 0.3 is 5.97 Å². The highest BCUT2D eigenvalue weighted by Crippen LogP contribution is 2.32. The van der Waals surface area contributed by atoms with Gasteiger partial charge in [0.15, 0.2) is 0 Å². The number of carbonyl (C=O) groups is 1. The van der Waals surface area contributed by atoms with Crippen LogP contribution in [0.1, 0.15) is 32.8 Å². The van der Waals surface area contributed by atoms with E-state index in [1.807, 2.05) is 51.1 Å². The third kappa shape index (κ3) is 4.53. The summed E-state index contributed by atoms with van der Waals surface area (Å²) in [5.41, 5.74) is 6.53.